The van der Waals surface area contributed by atoms with Gasteiger partial charge in [0, 0.05) is 18.0 Å². The number of allylic oxidation sites excluding steroid dienone is 8. The van der Waals surface area contributed by atoms with Crippen LogP contribution in [0.4, 0.5) is 0 Å². The van der Waals surface area contributed by atoms with E-state index in [-0.39, 0.29) is 0 Å². The van der Waals surface area contributed by atoms with Gasteiger partial charge >= 0.3 is 0 Å². The summed E-state index contributed by atoms with van der Waals surface area (Å²) >= 11 is 0. The average molecular weight is 746 g/mol. The Bertz CT molecular complexity index is 3050. The average Bonchev–Trinajstić information content (AvgIpc) is 3.28. The minimum atomic E-state index is 0.608. The number of hydrogen-bond donors (Lipinski definition) is 1. The predicted octanol–water partition coefficient (Wildman–Crippen LogP) is 12.6. The molecule has 0 unspecified atom stereocenters. The van der Waals surface area contributed by atoms with Crippen LogP contribution >= 0.6 is 0 Å². The maximum atomic E-state index is 7.40. The molecule has 0 atom stereocenters. The molecule has 0 bridgehead atoms. The summed E-state index contributed by atoms with van der Waals surface area (Å²) in [6.07, 6.45) is 17.0. The van der Waals surface area contributed by atoms with Crippen molar-refractivity contribution < 1.29 is 0 Å². The molecule has 2 aliphatic carbocycles. The highest BCUT2D eigenvalue weighted by atomic mass is 14.9. The molecule has 0 saturated carbocycles. The molecule has 2 aliphatic rings. The van der Waals surface area contributed by atoms with Gasteiger partial charge in [-0.05, 0) is 137 Å². The smallest absolute Gasteiger partial charge is 0.159 e. The lowest BCUT2D eigenvalue weighted by molar-refractivity contribution is 0.974. The lowest BCUT2D eigenvalue weighted by Crippen LogP contribution is -2.29. The molecule has 0 aromatic heterocycles. The van der Waals surface area contributed by atoms with Crippen LogP contribution in [-0.2, 0) is 0 Å². The quantitative estimate of drug-likeness (QED) is 0.0662. The van der Waals surface area contributed by atoms with Crippen LogP contribution < -0.4 is 10.4 Å². The fourth-order valence-electron chi connectivity index (χ4n) is 8.51. The van der Waals surface area contributed by atoms with Crippen LogP contribution in [-0.4, -0.2) is 18.3 Å². The molecule has 0 amide bonds. The van der Waals surface area contributed by atoms with Crippen molar-refractivity contribution in [3.8, 4) is 22.3 Å². The maximum Gasteiger partial charge on any atom is 0.159 e. The lowest BCUT2D eigenvalue weighted by atomic mass is 9.85. The van der Waals surface area contributed by atoms with Crippen LogP contribution in [0, 0.1) is 5.41 Å². The summed E-state index contributed by atoms with van der Waals surface area (Å²) in [6.45, 7) is 8.79. The zero-order valence-electron chi connectivity index (χ0n) is 32.5. The number of benzene rings is 7. The van der Waals surface area contributed by atoms with Crippen molar-refractivity contribution in [2.75, 3.05) is 0 Å². The molecule has 0 fully saturated rings. The van der Waals surface area contributed by atoms with Crippen molar-refractivity contribution in [1.29, 1.82) is 5.41 Å². The Hall–Kier alpha value is -7.23. The van der Waals surface area contributed by atoms with Crippen LogP contribution in [0.25, 0.3) is 66.2 Å². The molecule has 3 heteroatoms. The zero-order valence-corrected chi connectivity index (χ0v) is 32.5. The van der Waals surface area contributed by atoms with E-state index in [9.17, 15) is 0 Å². The summed E-state index contributed by atoms with van der Waals surface area (Å²) in [5, 5.41) is 17.1. The van der Waals surface area contributed by atoms with E-state index in [4.69, 9.17) is 15.4 Å². The monoisotopic (exact) mass is 745 g/mol. The number of aliphatic imine (C=N–C) groups is 2. The normalized spacial score (nSPS) is 14.4. The van der Waals surface area contributed by atoms with Gasteiger partial charge in [0.15, 0.2) is 5.84 Å². The van der Waals surface area contributed by atoms with Crippen molar-refractivity contribution in [3.63, 3.8) is 0 Å². The van der Waals surface area contributed by atoms with E-state index in [1.165, 1.54) is 65.7 Å². The topological polar surface area (TPSA) is 48.6 Å². The first-order valence-electron chi connectivity index (χ1n) is 20.0. The van der Waals surface area contributed by atoms with E-state index >= 15 is 0 Å². The van der Waals surface area contributed by atoms with Gasteiger partial charge < -0.3 is 5.41 Å². The summed E-state index contributed by atoms with van der Waals surface area (Å²) in [7, 11) is 0. The van der Waals surface area contributed by atoms with Crippen molar-refractivity contribution in [2.45, 2.75) is 25.7 Å². The molecule has 1 N–H and O–H groups in total. The molecule has 0 spiro atoms. The number of nitrogens with zero attached hydrogens (tertiary/aromatic N) is 2. The minimum Gasteiger partial charge on any atom is -0.309 e. The van der Waals surface area contributed by atoms with E-state index in [0.717, 1.165) is 64.8 Å². The summed E-state index contributed by atoms with van der Waals surface area (Å²) in [6, 6.07) is 50.1. The van der Waals surface area contributed by atoms with Gasteiger partial charge in [-0.15, -0.1) is 0 Å². The molecular weight excluding hydrogens is 703 g/mol. The first-order valence-corrected chi connectivity index (χ1v) is 20.0. The number of hydrogen-bond acceptors (Lipinski definition) is 2. The molecule has 9 rings (SSSR count). The predicted molar refractivity (Wildman–Crippen MR) is 249 cm³/mol. The second kappa shape index (κ2) is 16.1. The van der Waals surface area contributed by atoms with E-state index in [0.29, 0.717) is 5.84 Å². The van der Waals surface area contributed by atoms with Gasteiger partial charge in [0.05, 0.1) is 5.70 Å². The second-order valence-corrected chi connectivity index (χ2v) is 14.9. The largest absolute Gasteiger partial charge is 0.309 e. The Labute approximate surface area is 339 Å². The summed E-state index contributed by atoms with van der Waals surface area (Å²) in [5.41, 5.74) is 10.6. The first-order chi connectivity index (χ1) is 28.6. The van der Waals surface area contributed by atoms with Gasteiger partial charge in [0.25, 0.3) is 0 Å². The fraction of sp³-hybridized carbons (Fsp3) is 0.0727. The van der Waals surface area contributed by atoms with Crippen LogP contribution in [0.2, 0.25) is 0 Å². The molecule has 3 nitrogen and oxygen atoms in total. The Balaban J connectivity index is 1.20. The van der Waals surface area contributed by atoms with Gasteiger partial charge in [-0.25, -0.2) is 9.98 Å². The van der Waals surface area contributed by atoms with E-state index < -0.39 is 0 Å². The molecule has 0 saturated heterocycles. The van der Waals surface area contributed by atoms with Gasteiger partial charge in [0.2, 0.25) is 0 Å². The van der Waals surface area contributed by atoms with Gasteiger partial charge in [-0.1, -0.05) is 159 Å². The maximum absolute atomic E-state index is 7.40. The number of rotatable bonds is 9. The fourth-order valence-corrected chi connectivity index (χ4v) is 8.51. The van der Waals surface area contributed by atoms with Crippen molar-refractivity contribution >= 4 is 62.2 Å². The van der Waals surface area contributed by atoms with E-state index in [1.807, 2.05) is 12.3 Å². The molecule has 278 valence electrons. The Morgan fingerprint density at radius 3 is 2.02 bits per heavy atom. The van der Waals surface area contributed by atoms with Crippen LogP contribution in [0.15, 0.2) is 209 Å². The van der Waals surface area contributed by atoms with E-state index in [1.54, 1.807) is 6.08 Å². The van der Waals surface area contributed by atoms with E-state index in [2.05, 4.69) is 171 Å². The van der Waals surface area contributed by atoms with Crippen LogP contribution in [0.3, 0.4) is 0 Å². The third kappa shape index (κ3) is 7.15. The summed E-state index contributed by atoms with van der Waals surface area (Å²) in [5.74, 6) is 0.608. The highest BCUT2D eigenvalue weighted by Gasteiger charge is 2.18. The van der Waals surface area contributed by atoms with Crippen LogP contribution in [0.5, 0.6) is 0 Å². The van der Waals surface area contributed by atoms with Gasteiger partial charge in [-0.2, -0.15) is 0 Å². The number of amidine groups is 1. The molecule has 7 aromatic rings. The van der Waals surface area contributed by atoms with Crippen molar-refractivity contribution in [1.82, 2.24) is 0 Å². The Kier molecular flexibility index (Phi) is 10.1. The minimum absolute atomic E-state index is 0.608. The highest BCUT2D eigenvalue weighted by Crippen LogP contribution is 2.44. The second-order valence-electron chi connectivity index (χ2n) is 14.9. The summed E-state index contributed by atoms with van der Waals surface area (Å²) < 4.78 is 0. The molecule has 0 radical (unpaired) electrons. The van der Waals surface area contributed by atoms with Crippen LogP contribution in [0.1, 0.15) is 31.2 Å². The lowest BCUT2D eigenvalue weighted by Gasteiger charge is -2.18. The van der Waals surface area contributed by atoms with Gasteiger partial charge in [0.1, 0.15) is 0 Å². The Morgan fingerprint density at radius 1 is 0.621 bits per heavy atom. The third-order valence-electron chi connectivity index (χ3n) is 11.3. The SMILES string of the molecule is C=C(/C=C\C=N)C1=CC(/C=N/C(=N\C(=C)C2=c3ccccc3=CCC2)c2cccc(-c3c4ccccc4c(-c4ccc5ccccc5c4)c4ccccc34)c2)=CCC1. The molecule has 7 aromatic carbocycles. The molecular formula is C55H43N3. The molecule has 0 aliphatic heterocycles. The standard InChI is InChI=1S/C55H43N3/c1-37(15-14-32-56)42-21-11-16-39(33-42)36-57-55(58-38(2)47-29-13-20-41-18-5-6-24-48(41)47)46-23-12-22-44(35-46)53-49-25-7-9-27-51(49)54(52-28-10-8-26-50(52)53)45-31-30-40-17-3-4-19-43(40)34-45/h3-10,12,14-20,22-28,30-36,56H,1-2,11,13,21,29H2/b15-14-,56-32?,57-36+,58-55-. The number of fused-ring (bicyclic) bond motifs is 4. The third-order valence-corrected chi connectivity index (χ3v) is 11.3. The zero-order chi connectivity index (χ0) is 39.4. The van der Waals surface area contributed by atoms with Crippen molar-refractivity contribution in [3.05, 3.63) is 215 Å². The van der Waals surface area contributed by atoms with Crippen molar-refractivity contribution in [2.24, 2.45) is 9.98 Å². The van der Waals surface area contributed by atoms with Gasteiger partial charge in [-0.3, -0.25) is 0 Å². The molecule has 58 heavy (non-hydrogen) atoms. The first kappa shape index (κ1) is 36.4. The number of nitrogens with one attached hydrogen (secondary N) is 1. The Morgan fingerprint density at radius 2 is 1.28 bits per heavy atom. The molecule has 0 heterocycles. The highest BCUT2D eigenvalue weighted by molar-refractivity contribution is 6.22. The summed E-state index contributed by atoms with van der Waals surface area (Å²) in [4.78, 5) is 10.4.